The first-order chi connectivity index (χ1) is 8.77. The Morgan fingerprint density at radius 2 is 2.00 bits per heavy atom. The Morgan fingerprint density at radius 1 is 1.17 bits per heavy atom. The molecule has 2 rings (SSSR count). The van der Waals surface area contributed by atoms with Gasteiger partial charge in [-0.2, -0.15) is 0 Å². The Hall–Kier alpha value is -2.43. The summed E-state index contributed by atoms with van der Waals surface area (Å²) in [4.78, 5) is 19.0. The molecule has 0 amide bonds. The maximum Gasteiger partial charge on any atom is 0.356 e. The number of hydrogen-bond acceptors (Lipinski definition) is 4. The largest absolute Gasteiger partial charge is 0.476 e. The second-order valence-electron chi connectivity index (χ2n) is 3.70. The number of aromatic carboxylic acids is 1. The van der Waals surface area contributed by atoms with Crippen molar-refractivity contribution in [1.29, 1.82) is 0 Å². The van der Waals surface area contributed by atoms with Crippen LogP contribution in [0.4, 0.5) is 5.69 Å². The summed E-state index contributed by atoms with van der Waals surface area (Å²) < 4.78 is 0. The number of pyridine rings is 2. The fourth-order valence-corrected chi connectivity index (χ4v) is 1.59. The first-order valence-electron chi connectivity index (χ1n) is 5.59. The molecular weight excluding hydrogens is 230 g/mol. The van der Waals surface area contributed by atoms with E-state index in [4.69, 9.17) is 5.11 Å². The lowest BCUT2D eigenvalue weighted by atomic mass is 10.2. The van der Waals surface area contributed by atoms with Crippen LogP contribution in [0.25, 0.3) is 0 Å². The standard InChI is InChI=1S/C13H13N3O2/c17-13(18)12-11(5-3-8-16-12)15-9-6-10-4-1-2-7-14-10/h1-5,7-8,15H,6,9H2,(H,17,18). The van der Waals surface area contributed by atoms with Gasteiger partial charge in [0.2, 0.25) is 0 Å². The lowest BCUT2D eigenvalue weighted by Gasteiger charge is -2.08. The maximum absolute atomic E-state index is 10.9. The molecule has 2 heterocycles. The van der Waals surface area contributed by atoms with Crippen LogP contribution in [0.15, 0.2) is 42.7 Å². The van der Waals surface area contributed by atoms with E-state index in [1.54, 1.807) is 18.3 Å². The molecule has 0 radical (unpaired) electrons. The molecule has 5 heteroatoms. The summed E-state index contributed by atoms with van der Waals surface area (Å²) in [5, 5.41) is 12.0. The number of hydrogen-bond donors (Lipinski definition) is 2. The molecule has 18 heavy (non-hydrogen) atoms. The molecule has 0 unspecified atom stereocenters. The second-order valence-corrected chi connectivity index (χ2v) is 3.70. The fourth-order valence-electron chi connectivity index (χ4n) is 1.59. The number of rotatable bonds is 5. The molecule has 92 valence electrons. The lowest BCUT2D eigenvalue weighted by molar-refractivity contribution is 0.0691. The topological polar surface area (TPSA) is 75.1 Å². The highest BCUT2D eigenvalue weighted by atomic mass is 16.4. The molecular formula is C13H13N3O2. The molecule has 2 N–H and O–H groups in total. The zero-order valence-electron chi connectivity index (χ0n) is 9.71. The van der Waals surface area contributed by atoms with Crippen LogP contribution in [0.5, 0.6) is 0 Å². The van der Waals surface area contributed by atoms with Crippen molar-refractivity contribution in [2.45, 2.75) is 6.42 Å². The van der Waals surface area contributed by atoms with Gasteiger partial charge in [0.05, 0.1) is 5.69 Å². The molecule has 2 aromatic rings. The minimum absolute atomic E-state index is 0.0403. The van der Waals surface area contributed by atoms with Gasteiger partial charge in [0, 0.05) is 31.1 Å². The van der Waals surface area contributed by atoms with E-state index in [-0.39, 0.29) is 5.69 Å². The molecule has 0 fully saturated rings. The van der Waals surface area contributed by atoms with Gasteiger partial charge in [-0.1, -0.05) is 6.07 Å². The van der Waals surface area contributed by atoms with Crippen molar-refractivity contribution in [2.24, 2.45) is 0 Å². The second kappa shape index (κ2) is 5.77. The number of carboxylic acid groups (broad SMARTS) is 1. The Kier molecular flexibility index (Phi) is 3.86. The molecule has 0 spiro atoms. The normalized spacial score (nSPS) is 10.0. The molecule has 0 saturated heterocycles. The van der Waals surface area contributed by atoms with Crippen LogP contribution in [0.1, 0.15) is 16.2 Å². The average Bonchev–Trinajstić information content (AvgIpc) is 2.40. The van der Waals surface area contributed by atoms with Crippen LogP contribution in [-0.2, 0) is 6.42 Å². The van der Waals surface area contributed by atoms with E-state index >= 15 is 0 Å². The van der Waals surface area contributed by atoms with E-state index in [0.29, 0.717) is 12.2 Å². The quantitative estimate of drug-likeness (QED) is 0.838. The minimum atomic E-state index is -1.03. The van der Waals surface area contributed by atoms with E-state index in [2.05, 4.69) is 15.3 Å². The molecule has 0 bridgehead atoms. The van der Waals surface area contributed by atoms with Crippen molar-refractivity contribution >= 4 is 11.7 Å². The van der Waals surface area contributed by atoms with Crippen LogP contribution in [0.3, 0.4) is 0 Å². The third-order valence-electron chi connectivity index (χ3n) is 2.43. The molecule has 5 nitrogen and oxygen atoms in total. The number of nitrogens with zero attached hydrogens (tertiary/aromatic N) is 2. The van der Waals surface area contributed by atoms with Crippen LogP contribution >= 0.6 is 0 Å². The third kappa shape index (κ3) is 3.04. The fraction of sp³-hybridized carbons (Fsp3) is 0.154. The monoisotopic (exact) mass is 243 g/mol. The number of aromatic nitrogens is 2. The summed E-state index contributed by atoms with van der Waals surface area (Å²) >= 11 is 0. The number of nitrogens with one attached hydrogen (secondary N) is 1. The van der Waals surface area contributed by atoms with E-state index in [9.17, 15) is 4.79 Å². The van der Waals surface area contributed by atoms with Crippen molar-refractivity contribution in [3.8, 4) is 0 Å². The van der Waals surface area contributed by atoms with Crippen LogP contribution in [-0.4, -0.2) is 27.6 Å². The van der Waals surface area contributed by atoms with Gasteiger partial charge in [0.1, 0.15) is 0 Å². The molecule has 2 aromatic heterocycles. The predicted molar refractivity (Wildman–Crippen MR) is 67.6 cm³/mol. The van der Waals surface area contributed by atoms with Crippen molar-refractivity contribution < 1.29 is 9.90 Å². The Balaban J connectivity index is 1.97. The summed E-state index contributed by atoms with van der Waals surface area (Å²) in [6.07, 6.45) is 3.93. The highest BCUT2D eigenvalue weighted by Crippen LogP contribution is 2.11. The Labute approximate surface area is 105 Å². The predicted octanol–water partition coefficient (Wildman–Crippen LogP) is 1.83. The first-order valence-corrected chi connectivity index (χ1v) is 5.59. The van der Waals surface area contributed by atoms with Gasteiger partial charge in [0.15, 0.2) is 5.69 Å². The summed E-state index contributed by atoms with van der Waals surface area (Å²) in [7, 11) is 0. The van der Waals surface area contributed by atoms with Gasteiger partial charge >= 0.3 is 5.97 Å². The zero-order chi connectivity index (χ0) is 12.8. The molecule has 0 aliphatic heterocycles. The Morgan fingerprint density at radius 3 is 2.72 bits per heavy atom. The van der Waals surface area contributed by atoms with Crippen molar-refractivity contribution in [2.75, 3.05) is 11.9 Å². The first kappa shape index (κ1) is 12.0. The van der Waals surface area contributed by atoms with Gasteiger partial charge in [-0.25, -0.2) is 9.78 Å². The Bertz CT molecular complexity index is 529. The van der Waals surface area contributed by atoms with Gasteiger partial charge in [0.25, 0.3) is 0 Å². The van der Waals surface area contributed by atoms with Crippen molar-refractivity contribution in [3.05, 3.63) is 54.1 Å². The highest BCUT2D eigenvalue weighted by Gasteiger charge is 2.09. The average molecular weight is 243 g/mol. The molecule has 0 aromatic carbocycles. The summed E-state index contributed by atoms with van der Waals surface area (Å²) in [6, 6.07) is 9.13. The number of anilines is 1. The van der Waals surface area contributed by atoms with E-state index in [1.807, 2.05) is 18.2 Å². The van der Waals surface area contributed by atoms with E-state index < -0.39 is 5.97 Å². The van der Waals surface area contributed by atoms with Crippen molar-refractivity contribution in [1.82, 2.24) is 9.97 Å². The lowest BCUT2D eigenvalue weighted by Crippen LogP contribution is -2.11. The summed E-state index contributed by atoms with van der Waals surface area (Å²) in [5.74, 6) is -1.03. The van der Waals surface area contributed by atoms with E-state index in [1.165, 1.54) is 6.20 Å². The molecule has 0 atom stereocenters. The number of carboxylic acids is 1. The molecule has 0 aliphatic carbocycles. The van der Waals surface area contributed by atoms with Gasteiger partial charge < -0.3 is 10.4 Å². The van der Waals surface area contributed by atoms with Crippen LogP contribution in [0.2, 0.25) is 0 Å². The van der Waals surface area contributed by atoms with Crippen LogP contribution < -0.4 is 5.32 Å². The molecule has 0 saturated carbocycles. The van der Waals surface area contributed by atoms with E-state index in [0.717, 1.165) is 12.1 Å². The third-order valence-corrected chi connectivity index (χ3v) is 2.43. The maximum atomic E-state index is 10.9. The summed E-state index contributed by atoms with van der Waals surface area (Å²) in [5.41, 5.74) is 1.53. The summed E-state index contributed by atoms with van der Waals surface area (Å²) in [6.45, 7) is 0.614. The van der Waals surface area contributed by atoms with Gasteiger partial charge in [-0.3, -0.25) is 4.98 Å². The zero-order valence-corrected chi connectivity index (χ0v) is 9.71. The minimum Gasteiger partial charge on any atom is -0.476 e. The highest BCUT2D eigenvalue weighted by molar-refractivity contribution is 5.91. The number of carbonyl (C=O) groups is 1. The van der Waals surface area contributed by atoms with Gasteiger partial charge in [-0.15, -0.1) is 0 Å². The smallest absolute Gasteiger partial charge is 0.356 e. The SMILES string of the molecule is O=C(O)c1ncccc1NCCc1ccccn1. The molecule has 0 aliphatic rings. The van der Waals surface area contributed by atoms with Crippen molar-refractivity contribution in [3.63, 3.8) is 0 Å². The van der Waals surface area contributed by atoms with Crippen LogP contribution in [0, 0.1) is 0 Å². The van der Waals surface area contributed by atoms with Gasteiger partial charge in [-0.05, 0) is 24.3 Å².